The number of hydrogen-bond donors (Lipinski definition) is 2. The minimum Gasteiger partial charge on any atom is -0.480 e. The van der Waals surface area contributed by atoms with E-state index in [4.69, 9.17) is 0 Å². The van der Waals surface area contributed by atoms with E-state index in [1.165, 1.54) is 5.56 Å². The lowest BCUT2D eigenvalue weighted by molar-refractivity contribution is -0.139. The highest BCUT2D eigenvalue weighted by atomic mass is 16.4. The summed E-state index contributed by atoms with van der Waals surface area (Å²) in [6.07, 6.45) is 1.02. The SMILES string of the molecule is CC(C)Cc1ccc(C(NC(C)C)C(=O)O)cc1. The van der Waals surface area contributed by atoms with Crippen molar-refractivity contribution in [3.8, 4) is 0 Å². The minimum absolute atomic E-state index is 0.140. The largest absolute Gasteiger partial charge is 0.480 e. The summed E-state index contributed by atoms with van der Waals surface area (Å²) in [4.78, 5) is 11.2. The van der Waals surface area contributed by atoms with Crippen LogP contribution in [0.5, 0.6) is 0 Å². The van der Waals surface area contributed by atoms with Gasteiger partial charge < -0.3 is 5.11 Å². The molecule has 0 radical (unpaired) electrons. The Bertz CT molecular complexity index is 382. The van der Waals surface area contributed by atoms with Crippen molar-refractivity contribution in [3.05, 3.63) is 35.4 Å². The Morgan fingerprint density at radius 2 is 1.72 bits per heavy atom. The van der Waals surface area contributed by atoms with Crippen molar-refractivity contribution in [2.45, 2.75) is 46.2 Å². The fraction of sp³-hybridized carbons (Fsp3) is 0.533. The molecule has 0 saturated carbocycles. The first-order valence-electron chi connectivity index (χ1n) is 6.48. The Morgan fingerprint density at radius 3 is 2.11 bits per heavy atom. The number of carboxylic acids is 1. The highest BCUT2D eigenvalue weighted by molar-refractivity contribution is 5.75. The molecule has 1 rings (SSSR count). The van der Waals surface area contributed by atoms with Gasteiger partial charge in [-0.25, -0.2) is 0 Å². The summed E-state index contributed by atoms with van der Waals surface area (Å²) >= 11 is 0. The average Bonchev–Trinajstić information content (AvgIpc) is 2.26. The van der Waals surface area contributed by atoms with Crippen molar-refractivity contribution in [1.82, 2.24) is 5.32 Å². The van der Waals surface area contributed by atoms with Crippen LogP contribution in [0.3, 0.4) is 0 Å². The van der Waals surface area contributed by atoms with Crippen LogP contribution in [-0.2, 0) is 11.2 Å². The lowest BCUT2D eigenvalue weighted by Gasteiger charge is -2.18. The van der Waals surface area contributed by atoms with E-state index < -0.39 is 12.0 Å². The van der Waals surface area contributed by atoms with Gasteiger partial charge in [-0.05, 0) is 37.3 Å². The summed E-state index contributed by atoms with van der Waals surface area (Å²) in [5.74, 6) is -0.222. The maximum absolute atomic E-state index is 11.2. The second-order valence-corrected chi connectivity index (χ2v) is 5.43. The van der Waals surface area contributed by atoms with Gasteiger partial charge in [0.1, 0.15) is 6.04 Å². The van der Waals surface area contributed by atoms with E-state index in [0.29, 0.717) is 5.92 Å². The van der Waals surface area contributed by atoms with Crippen molar-refractivity contribution >= 4 is 5.97 Å². The van der Waals surface area contributed by atoms with Crippen molar-refractivity contribution < 1.29 is 9.90 Å². The van der Waals surface area contributed by atoms with E-state index in [1.54, 1.807) is 0 Å². The predicted octanol–water partition coefficient (Wildman–Crippen LogP) is 3.01. The number of aliphatic carboxylic acids is 1. The van der Waals surface area contributed by atoms with Gasteiger partial charge in [0, 0.05) is 6.04 Å². The Labute approximate surface area is 109 Å². The Kier molecular flexibility index (Phi) is 5.35. The second kappa shape index (κ2) is 6.55. The van der Waals surface area contributed by atoms with Crippen LogP contribution in [0.2, 0.25) is 0 Å². The second-order valence-electron chi connectivity index (χ2n) is 5.43. The van der Waals surface area contributed by atoms with Crippen molar-refractivity contribution in [3.63, 3.8) is 0 Å². The zero-order valence-corrected chi connectivity index (χ0v) is 11.6. The molecular formula is C15H23NO2. The van der Waals surface area contributed by atoms with E-state index in [1.807, 2.05) is 38.1 Å². The zero-order chi connectivity index (χ0) is 13.7. The number of benzene rings is 1. The van der Waals surface area contributed by atoms with Crippen LogP contribution < -0.4 is 5.32 Å². The number of rotatable bonds is 6. The summed E-state index contributed by atoms with van der Waals surface area (Å²) < 4.78 is 0. The topological polar surface area (TPSA) is 49.3 Å². The molecule has 18 heavy (non-hydrogen) atoms. The van der Waals surface area contributed by atoms with Gasteiger partial charge in [0.05, 0.1) is 0 Å². The maximum atomic E-state index is 11.2. The molecule has 0 aromatic heterocycles. The molecule has 1 aromatic rings. The third-order valence-corrected chi connectivity index (χ3v) is 2.70. The molecule has 1 aromatic carbocycles. The fourth-order valence-corrected chi connectivity index (χ4v) is 1.96. The molecule has 2 N–H and O–H groups in total. The van der Waals surface area contributed by atoms with Gasteiger partial charge in [-0.2, -0.15) is 0 Å². The van der Waals surface area contributed by atoms with Crippen molar-refractivity contribution in [1.29, 1.82) is 0 Å². The molecule has 0 bridgehead atoms. The number of carboxylic acid groups (broad SMARTS) is 1. The monoisotopic (exact) mass is 249 g/mol. The summed E-state index contributed by atoms with van der Waals surface area (Å²) in [5, 5.41) is 12.3. The summed E-state index contributed by atoms with van der Waals surface area (Å²) in [6, 6.07) is 7.37. The zero-order valence-electron chi connectivity index (χ0n) is 11.6. The van der Waals surface area contributed by atoms with Gasteiger partial charge in [-0.3, -0.25) is 10.1 Å². The van der Waals surface area contributed by atoms with E-state index in [9.17, 15) is 9.90 Å². The molecule has 1 atom stereocenters. The van der Waals surface area contributed by atoms with Gasteiger partial charge in [-0.15, -0.1) is 0 Å². The molecule has 0 amide bonds. The predicted molar refractivity (Wildman–Crippen MR) is 73.6 cm³/mol. The first-order chi connectivity index (χ1) is 8.40. The van der Waals surface area contributed by atoms with Crippen LogP contribution >= 0.6 is 0 Å². The number of carbonyl (C=O) groups is 1. The Hall–Kier alpha value is -1.35. The van der Waals surface area contributed by atoms with Crippen LogP contribution in [-0.4, -0.2) is 17.1 Å². The smallest absolute Gasteiger partial charge is 0.325 e. The molecule has 3 heteroatoms. The van der Waals surface area contributed by atoms with Crippen LogP contribution in [0.25, 0.3) is 0 Å². The van der Waals surface area contributed by atoms with E-state index >= 15 is 0 Å². The molecule has 0 heterocycles. The first-order valence-corrected chi connectivity index (χ1v) is 6.48. The lowest BCUT2D eigenvalue weighted by atomic mass is 9.99. The van der Waals surface area contributed by atoms with Crippen LogP contribution in [0.1, 0.15) is 44.9 Å². The molecule has 0 fully saturated rings. The minimum atomic E-state index is -0.833. The Morgan fingerprint density at radius 1 is 1.17 bits per heavy atom. The van der Waals surface area contributed by atoms with E-state index in [2.05, 4.69) is 19.2 Å². The molecule has 100 valence electrons. The van der Waals surface area contributed by atoms with E-state index in [-0.39, 0.29) is 6.04 Å². The average molecular weight is 249 g/mol. The van der Waals surface area contributed by atoms with Crippen LogP contribution in [0, 0.1) is 5.92 Å². The van der Waals surface area contributed by atoms with Gasteiger partial charge >= 0.3 is 5.97 Å². The third kappa shape index (κ3) is 4.49. The van der Waals surface area contributed by atoms with Gasteiger partial charge in [-0.1, -0.05) is 38.1 Å². The molecule has 0 spiro atoms. The molecule has 3 nitrogen and oxygen atoms in total. The maximum Gasteiger partial charge on any atom is 0.325 e. The standard InChI is InChI=1S/C15H23NO2/c1-10(2)9-12-5-7-13(8-6-12)14(15(17)18)16-11(3)4/h5-8,10-11,14,16H,9H2,1-4H3,(H,17,18). The molecule has 0 aliphatic carbocycles. The molecule has 1 unspecified atom stereocenters. The number of hydrogen-bond acceptors (Lipinski definition) is 2. The highest BCUT2D eigenvalue weighted by Gasteiger charge is 2.19. The Balaban J connectivity index is 2.83. The quantitative estimate of drug-likeness (QED) is 0.814. The molecule has 0 aliphatic heterocycles. The van der Waals surface area contributed by atoms with Crippen LogP contribution in [0.15, 0.2) is 24.3 Å². The number of nitrogens with one attached hydrogen (secondary N) is 1. The summed E-state index contributed by atoms with van der Waals surface area (Å²) in [5.41, 5.74) is 2.06. The summed E-state index contributed by atoms with van der Waals surface area (Å²) in [7, 11) is 0. The van der Waals surface area contributed by atoms with Crippen molar-refractivity contribution in [2.75, 3.05) is 0 Å². The van der Waals surface area contributed by atoms with Crippen LogP contribution in [0.4, 0.5) is 0 Å². The van der Waals surface area contributed by atoms with Crippen molar-refractivity contribution in [2.24, 2.45) is 5.92 Å². The van der Waals surface area contributed by atoms with Gasteiger partial charge in [0.15, 0.2) is 0 Å². The third-order valence-electron chi connectivity index (χ3n) is 2.70. The van der Waals surface area contributed by atoms with Gasteiger partial charge in [0.25, 0.3) is 0 Å². The molecular weight excluding hydrogens is 226 g/mol. The fourth-order valence-electron chi connectivity index (χ4n) is 1.96. The molecule has 0 saturated heterocycles. The first kappa shape index (κ1) is 14.7. The normalized spacial score (nSPS) is 13.0. The highest BCUT2D eigenvalue weighted by Crippen LogP contribution is 2.17. The van der Waals surface area contributed by atoms with Gasteiger partial charge in [0.2, 0.25) is 0 Å². The summed E-state index contributed by atoms with van der Waals surface area (Å²) in [6.45, 7) is 8.24. The molecule has 0 aliphatic rings. The lowest BCUT2D eigenvalue weighted by Crippen LogP contribution is -2.33. The van der Waals surface area contributed by atoms with E-state index in [0.717, 1.165) is 12.0 Å².